The number of carbonyl (C=O) groups excluding carboxylic acids is 1. The monoisotopic (exact) mass is 189 g/mol. The molecule has 14 heavy (non-hydrogen) atoms. The van der Waals surface area contributed by atoms with Crippen molar-refractivity contribution < 1.29 is 9.53 Å². The predicted octanol–water partition coefficient (Wildman–Crippen LogP) is 1.85. The number of benzene rings is 1. The van der Waals surface area contributed by atoms with E-state index in [-0.39, 0.29) is 0 Å². The second-order valence-corrected chi connectivity index (χ2v) is 3.03. The molecular weight excluding hydrogens is 178 g/mol. The number of methoxy groups -OCH3 is 1. The van der Waals surface area contributed by atoms with Gasteiger partial charge in [0.25, 0.3) is 0 Å². The van der Waals surface area contributed by atoms with Crippen LogP contribution < -0.4 is 4.74 Å². The van der Waals surface area contributed by atoms with E-state index in [1.165, 1.54) is 0 Å². The van der Waals surface area contributed by atoms with E-state index in [0.29, 0.717) is 6.54 Å². The topological polar surface area (TPSA) is 31.2 Å². The summed E-state index contributed by atoms with van der Waals surface area (Å²) < 4.78 is 7.11. The van der Waals surface area contributed by atoms with Crippen molar-refractivity contribution in [1.82, 2.24) is 4.57 Å². The zero-order valence-electron chi connectivity index (χ0n) is 7.93. The molecule has 0 radical (unpaired) electrons. The summed E-state index contributed by atoms with van der Waals surface area (Å²) in [6, 6.07) is 7.80. The van der Waals surface area contributed by atoms with Gasteiger partial charge in [-0.2, -0.15) is 0 Å². The van der Waals surface area contributed by atoms with Gasteiger partial charge in [-0.25, -0.2) is 0 Å². The minimum absolute atomic E-state index is 0.365. The lowest BCUT2D eigenvalue weighted by atomic mass is 10.2. The van der Waals surface area contributed by atoms with E-state index in [2.05, 4.69) is 0 Å². The SMILES string of the molecule is COc1cccc2ccn(CC=O)c12. The number of aromatic nitrogens is 1. The second-order valence-electron chi connectivity index (χ2n) is 3.03. The molecule has 1 aromatic heterocycles. The van der Waals surface area contributed by atoms with Crippen molar-refractivity contribution >= 4 is 17.2 Å². The number of hydrogen-bond acceptors (Lipinski definition) is 2. The predicted molar refractivity (Wildman–Crippen MR) is 54.6 cm³/mol. The average Bonchev–Trinajstić information content (AvgIpc) is 2.62. The maximum Gasteiger partial charge on any atom is 0.143 e. The van der Waals surface area contributed by atoms with Gasteiger partial charge in [0.05, 0.1) is 19.2 Å². The number of carbonyl (C=O) groups is 1. The van der Waals surface area contributed by atoms with E-state index in [9.17, 15) is 4.79 Å². The van der Waals surface area contributed by atoms with Crippen LogP contribution in [0.15, 0.2) is 30.5 Å². The minimum Gasteiger partial charge on any atom is -0.495 e. The summed E-state index contributed by atoms with van der Waals surface area (Å²) in [5.74, 6) is 0.800. The Hall–Kier alpha value is -1.77. The molecule has 0 aliphatic rings. The fourth-order valence-electron chi connectivity index (χ4n) is 1.62. The summed E-state index contributed by atoms with van der Waals surface area (Å²) in [4.78, 5) is 10.5. The second kappa shape index (κ2) is 3.54. The highest BCUT2D eigenvalue weighted by Gasteiger charge is 2.05. The Bertz CT molecular complexity index is 459. The summed E-state index contributed by atoms with van der Waals surface area (Å²) in [6.07, 6.45) is 2.77. The number of ether oxygens (including phenoxy) is 1. The van der Waals surface area contributed by atoms with Gasteiger partial charge in [0, 0.05) is 11.6 Å². The van der Waals surface area contributed by atoms with Crippen LogP contribution in [0.3, 0.4) is 0 Å². The van der Waals surface area contributed by atoms with E-state index in [0.717, 1.165) is 22.9 Å². The van der Waals surface area contributed by atoms with Crippen LogP contribution in [0.25, 0.3) is 10.9 Å². The third-order valence-electron chi connectivity index (χ3n) is 2.24. The van der Waals surface area contributed by atoms with Crippen molar-refractivity contribution in [1.29, 1.82) is 0 Å². The first kappa shape index (κ1) is 8.81. The number of hydrogen-bond donors (Lipinski definition) is 0. The Morgan fingerprint density at radius 2 is 2.29 bits per heavy atom. The Balaban J connectivity index is 2.67. The summed E-state index contributed by atoms with van der Waals surface area (Å²) >= 11 is 0. The Morgan fingerprint density at radius 3 is 3.00 bits per heavy atom. The number of fused-ring (bicyclic) bond motifs is 1. The number of nitrogens with zero attached hydrogens (tertiary/aromatic N) is 1. The van der Waals surface area contributed by atoms with Gasteiger partial charge < -0.3 is 14.1 Å². The van der Waals surface area contributed by atoms with Gasteiger partial charge in [-0.3, -0.25) is 0 Å². The van der Waals surface area contributed by atoms with Gasteiger partial charge in [-0.1, -0.05) is 12.1 Å². The lowest BCUT2D eigenvalue weighted by molar-refractivity contribution is -0.108. The standard InChI is InChI=1S/C11H11NO2/c1-14-10-4-2-3-9-5-6-12(7-8-13)11(9)10/h2-6,8H,7H2,1H3. The first-order valence-corrected chi connectivity index (χ1v) is 4.42. The molecule has 2 rings (SSSR count). The molecule has 0 atom stereocenters. The van der Waals surface area contributed by atoms with Crippen LogP contribution in [0, 0.1) is 0 Å². The van der Waals surface area contributed by atoms with Gasteiger partial charge >= 0.3 is 0 Å². The third-order valence-corrected chi connectivity index (χ3v) is 2.24. The normalized spacial score (nSPS) is 10.4. The smallest absolute Gasteiger partial charge is 0.143 e. The van der Waals surface area contributed by atoms with Gasteiger partial charge in [0.1, 0.15) is 12.0 Å². The molecule has 0 unspecified atom stereocenters. The zero-order valence-corrected chi connectivity index (χ0v) is 7.93. The summed E-state index contributed by atoms with van der Waals surface area (Å²) in [6.45, 7) is 0.365. The first-order valence-electron chi connectivity index (χ1n) is 4.42. The molecule has 1 heterocycles. The highest BCUT2D eigenvalue weighted by molar-refractivity contribution is 5.86. The maximum atomic E-state index is 10.5. The van der Waals surface area contributed by atoms with Crippen LogP contribution in [0.2, 0.25) is 0 Å². The van der Waals surface area contributed by atoms with E-state index in [1.807, 2.05) is 35.0 Å². The maximum absolute atomic E-state index is 10.5. The molecule has 0 N–H and O–H groups in total. The van der Waals surface area contributed by atoms with Gasteiger partial charge in [-0.15, -0.1) is 0 Å². The van der Waals surface area contributed by atoms with Crippen LogP contribution >= 0.6 is 0 Å². The van der Waals surface area contributed by atoms with Gasteiger partial charge in [0.15, 0.2) is 0 Å². The molecule has 1 aromatic carbocycles. The fraction of sp³-hybridized carbons (Fsp3) is 0.182. The average molecular weight is 189 g/mol. The van der Waals surface area contributed by atoms with Crippen LogP contribution in [-0.2, 0) is 11.3 Å². The third kappa shape index (κ3) is 1.27. The van der Waals surface area contributed by atoms with Crippen LogP contribution in [-0.4, -0.2) is 18.0 Å². The largest absolute Gasteiger partial charge is 0.495 e. The highest BCUT2D eigenvalue weighted by Crippen LogP contribution is 2.25. The van der Waals surface area contributed by atoms with Crippen molar-refractivity contribution in [2.45, 2.75) is 6.54 Å². The van der Waals surface area contributed by atoms with Crippen molar-refractivity contribution in [3.8, 4) is 5.75 Å². The minimum atomic E-state index is 0.365. The first-order chi connectivity index (χ1) is 6.86. The van der Waals surface area contributed by atoms with Crippen molar-refractivity contribution in [2.24, 2.45) is 0 Å². The number of aldehydes is 1. The van der Waals surface area contributed by atoms with Gasteiger partial charge in [0.2, 0.25) is 0 Å². The van der Waals surface area contributed by atoms with Crippen molar-refractivity contribution in [3.05, 3.63) is 30.5 Å². The molecular formula is C11H11NO2. The van der Waals surface area contributed by atoms with E-state index < -0.39 is 0 Å². The molecule has 3 nitrogen and oxygen atoms in total. The Kier molecular flexibility index (Phi) is 2.23. The van der Waals surface area contributed by atoms with E-state index in [4.69, 9.17) is 4.74 Å². The Labute approximate surface area is 81.9 Å². The molecule has 2 aromatic rings. The van der Waals surface area contributed by atoms with Crippen LogP contribution in [0.4, 0.5) is 0 Å². The Morgan fingerprint density at radius 1 is 1.43 bits per heavy atom. The molecule has 0 aliphatic carbocycles. The molecule has 0 bridgehead atoms. The number of rotatable bonds is 3. The van der Waals surface area contributed by atoms with E-state index >= 15 is 0 Å². The summed E-state index contributed by atoms with van der Waals surface area (Å²) in [5.41, 5.74) is 0.974. The highest BCUT2D eigenvalue weighted by atomic mass is 16.5. The van der Waals surface area contributed by atoms with Crippen molar-refractivity contribution in [2.75, 3.05) is 7.11 Å². The zero-order chi connectivity index (χ0) is 9.97. The molecule has 0 fully saturated rings. The van der Waals surface area contributed by atoms with E-state index in [1.54, 1.807) is 7.11 Å². The molecule has 72 valence electrons. The van der Waals surface area contributed by atoms with Gasteiger partial charge in [-0.05, 0) is 12.1 Å². The molecule has 0 aliphatic heterocycles. The molecule has 0 saturated carbocycles. The molecule has 3 heteroatoms. The number of para-hydroxylation sites is 1. The summed E-state index contributed by atoms with van der Waals surface area (Å²) in [5, 5.41) is 1.09. The fourth-order valence-corrected chi connectivity index (χ4v) is 1.62. The molecule has 0 amide bonds. The quantitative estimate of drug-likeness (QED) is 0.690. The molecule has 0 saturated heterocycles. The lowest BCUT2D eigenvalue weighted by Gasteiger charge is -2.05. The lowest BCUT2D eigenvalue weighted by Crippen LogP contribution is -1.97. The molecule has 0 spiro atoms. The van der Waals surface area contributed by atoms with Crippen LogP contribution in [0.1, 0.15) is 0 Å². The summed E-state index contributed by atoms with van der Waals surface area (Å²) in [7, 11) is 1.63. The van der Waals surface area contributed by atoms with Crippen LogP contribution in [0.5, 0.6) is 5.75 Å². The van der Waals surface area contributed by atoms with Crippen molar-refractivity contribution in [3.63, 3.8) is 0 Å².